The van der Waals surface area contributed by atoms with Gasteiger partial charge in [-0.2, -0.15) is 11.8 Å². The first-order valence-electron chi connectivity index (χ1n) is 8.79. The van der Waals surface area contributed by atoms with Crippen molar-refractivity contribution in [1.82, 2.24) is 15.5 Å². The van der Waals surface area contributed by atoms with Gasteiger partial charge in [-0.25, -0.2) is 4.79 Å². The zero-order valence-electron chi connectivity index (χ0n) is 16.3. The zero-order valence-corrected chi connectivity index (χ0v) is 19.4. The third kappa shape index (κ3) is 11.0. The average molecular weight is 486 g/mol. The lowest BCUT2D eigenvalue weighted by atomic mass is 10.1. The van der Waals surface area contributed by atoms with Gasteiger partial charge in [0.25, 0.3) is 0 Å². The Balaban J connectivity index is 0.00000576. The Morgan fingerprint density at radius 2 is 2.08 bits per heavy atom. The molecule has 8 heteroatoms. The topological polar surface area (TPSA) is 66.0 Å². The molecular formula is C17H35IN4O2S. The molecule has 0 saturated carbocycles. The molecule has 0 spiro atoms. The first-order valence-corrected chi connectivity index (χ1v) is 10.2. The number of unbranched alkanes of at least 4 members (excludes halogenated alkanes) is 1. The van der Waals surface area contributed by atoms with Crippen LogP contribution in [0, 0.1) is 0 Å². The number of carbonyl (C=O) groups is 1. The number of halogens is 1. The summed E-state index contributed by atoms with van der Waals surface area (Å²) in [5.74, 6) is 2.01. The number of carbonyl (C=O) groups excluding carboxylic acids is 1. The lowest BCUT2D eigenvalue weighted by molar-refractivity contribution is 0.0193. The highest BCUT2D eigenvalue weighted by molar-refractivity contribution is 14.0. The van der Waals surface area contributed by atoms with Gasteiger partial charge in [-0.3, -0.25) is 4.99 Å². The fourth-order valence-corrected chi connectivity index (χ4v) is 3.05. The van der Waals surface area contributed by atoms with Crippen molar-refractivity contribution in [2.24, 2.45) is 4.99 Å². The Bertz CT molecular complexity index is 416. The van der Waals surface area contributed by atoms with E-state index in [4.69, 9.17) is 4.74 Å². The summed E-state index contributed by atoms with van der Waals surface area (Å²) in [5.41, 5.74) is -0.453. The maximum Gasteiger partial charge on any atom is 0.410 e. The van der Waals surface area contributed by atoms with E-state index >= 15 is 0 Å². The van der Waals surface area contributed by atoms with E-state index in [1.807, 2.05) is 32.5 Å². The molecule has 25 heavy (non-hydrogen) atoms. The van der Waals surface area contributed by atoms with Crippen LogP contribution in [0.25, 0.3) is 0 Å². The summed E-state index contributed by atoms with van der Waals surface area (Å²) in [4.78, 5) is 18.3. The van der Waals surface area contributed by atoms with E-state index < -0.39 is 5.60 Å². The molecule has 0 aromatic rings. The molecule has 1 atom stereocenters. The highest BCUT2D eigenvalue weighted by Gasteiger charge is 2.27. The van der Waals surface area contributed by atoms with E-state index in [9.17, 15) is 4.79 Å². The number of thioether (sulfide) groups is 1. The van der Waals surface area contributed by atoms with Crippen LogP contribution in [0.2, 0.25) is 0 Å². The standard InChI is InChI=1S/C17H34N4O2S.HI/c1-17(2,3)23-16(22)21-11-8-9-14(13-21)20-15(18-4)19-10-6-7-12-24-5;/h14H,6-13H2,1-5H3,(H2,18,19,20);1H. The van der Waals surface area contributed by atoms with E-state index in [1.54, 1.807) is 11.9 Å². The van der Waals surface area contributed by atoms with Crippen molar-refractivity contribution >= 4 is 47.8 Å². The van der Waals surface area contributed by atoms with Crippen LogP contribution in [-0.4, -0.2) is 67.3 Å². The van der Waals surface area contributed by atoms with Crippen molar-refractivity contribution in [3.63, 3.8) is 0 Å². The molecule has 148 valence electrons. The molecule has 1 unspecified atom stereocenters. The summed E-state index contributed by atoms with van der Waals surface area (Å²) in [6.45, 7) is 8.02. The molecule has 1 fully saturated rings. The summed E-state index contributed by atoms with van der Waals surface area (Å²) in [7, 11) is 1.78. The van der Waals surface area contributed by atoms with Crippen LogP contribution < -0.4 is 10.6 Å². The molecule has 1 saturated heterocycles. The molecule has 1 amide bonds. The third-order valence-electron chi connectivity index (χ3n) is 3.71. The Labute approximate surface area is 174 Å². The second-order valence-corrected chi connectivity index (χ2v) is 8.09. The number of ether oxygens (including phenoxy) is 1. The van der Waals surface area contributed by atoms with Crippen LogP contribution >= 0.6 is 35.7 Å². The van der Waals surface area contributed by atoms with E-state index in [1.165, 1.54) is 12.2 Å². The minimum absolute atomic E-state index is 0. The van der Waals surface area contributed by atoms with Crippen LogP contribution in [0.5, 0.6) is 0 Å². The number of aliphatic imine (C=N–C) groups is 1. The molecular weight excluding hydrogens is 451 g/mol. The number of guanidine groups is 1. The lowest BCUT2D eigenvalue weighted by Crippen LogP contribution is -2.53. The van der Waals surface area contributed by atoms with Gasteiger partial charge in [0.2, 0.25) is 0 Å². The molecule has 0 aliphatic carbocycles. The average Bonchev–Trinajstić information content (AvgIpc) is 2.52. The number of piperidine rings is 1. The maximum atomic E-state index is 12.2. The first-order chi connectivity index (χ1) is 11.4. The molecule has 1 aliphatic heterocycles. The minimum Gasteiger partial charge on any atom is -0.444 e. The van der Waals surface area contributed by atoms with Crippen molar-refractivity contribution < 1.29 is 9.53 Å². The molecule has 6 nitrogen and oxygen atoms in total. The lowest BCUT2D eigenvalue weighted by Gasteiger charge is -2.35. The predicted octanol–water partition coefficient (Wildman–Crippen LogP) is 3.31. The number of likely N-dealkylation sites (tertiary alicyclic amines) is 1. The minimum atomic E-state index is -0.453. The summed E-state index contributed by atoms with van der Waals surface area (Å²) in [6.07, 6.45) is 6.26. The second-order valence-electron chi connectivity index (χ2n) is 7.11. The third-order valence-corrected chi connectivity index (χ3v) is 4.40. The van der Waals surface area contributed by atoms with E-state index in [-0.39, 0.29) is 36.1 Å². The Morgan fingerprint density at radius 1 is 1.36 bits per heavy atom. The molecule has 1 aliphatic rings. The summed E-state index contributed by atoms with van der Waals surface area (Å²) in [5, 5.41) is 6.78. The van der Waals surface area contributed by atoms with E-state index in [2.05, 4.69) is 21.9 Å². The van der Waals surface area contributed by atoms with Crippen LogP contribution in [0.15, 0.2) is 4.99 Å². The number of hydrogen-bond acceptors (Lipinski definition) is 4. The van der Waals surface area contributed by atoms with Crippen molar-refractivity contribution in [2.45, 2.75) is 58.1 Å². The normalized spacial score (nSPS) is 18.4. The van der Waals surface area contributed by atoms with Gasteiger partial charge in [0.1, 0.15) is 5.60 Å². The number of nitrogens with one attached hydrogen (secondary N) is 2. The molecule has 1 rings (SSSR count). The quantitative estimate of drug-likeness (QED) is 0.261. The van der Waals surface area contributed by atoms with Crippen LogP contribution in [0.4, 0.5) is 4.79 Å². The van der Waals surface area contributed by atoms with Crippen LogP contribution in [-0.2, 0) is 4.74 Å². The number of rotatable bonds is 6. The van der Waals surface area contributed by atoms with Gasteiger partial charge in [0.05, 0.1) is 0 Å². The van der Waals surface area contributed by atoms with Gasteiger partial charge in [0, 0.05) is 32.7 Å². The van der Waals surface area contributed by atoms with E-state index in [0.29, 0.717) is 6.54 Å². The SMILES string of the molecule is CN=C(NCCCCSC)NC1CCCN(C(=O)OC(C)(C)C)C1.I. The van der Waals surface area contributed by atoms with Gasteiger partial charge in [-0.15, -0.1) is 24.0 Å². The number of hydrogen-bond donors (Lipinski definition) is 2. The highest BCUT2D eigenvalue weighted by Crippen LogP contribution is 2.15. The van der Waals surface area contributed by atoms with Gasteiger partial charge in [0.15, 0.2) is 5.96 Å². The fourth-order valence-electron chi connectivity index (χ4n) is 2.55. The Hall–Kier alpha value is -0.380. The van der Waals surface area contributed by atoms with Crippen molar-refractivity contribution in [2.75, 3.05) is 38.7 Å². The van der Waals surface area contributed by atoms with Gasteiger partial charge >= 0.3 is 6.09 Å². The van der Waals surface area contributed by atoms with Gasteiger partial charge in [-0.1, -0.05) is 0 Å². The molecule has 0 radical (unpaired) electrons. The molecule has 1 heterocycles. The Morgan fingerprint density at radius 3 is 2.68 bits per heavy atom. The smallest absolute Gasteiger partial charge is 0.410 e. The summed E-state index contributed by atoms with van der Waals surface area (Å²) >= 11 is 1.88. The predicted molar refractivity (Wildman–Crippen MR) is 118 cm³/mol. The number of nitrogens with zero attached hydrogens (tertiary/aromatic N) is 2. The fraction of sp³-hybridized carbons (Fsp3) is 0.882. The number of amides is 1. The summed E-state index contributed by atoms with van der Waals surface area (Å²) in [6, 6.07) is 0.212. The molecule has 0 bridgehead atoms. The van der Waals surface area contributed by atoms with Crippen LogP contribution in [0.1, 0.15) is 46.5 Å². The molecule has 0 aromatic carbocycles. The zero-order chi connectivity index (χ0) is 18.0. The van der Waals surface area contributed by atoms with Crippen molar-refractivity contribution in [1.29, 1.82) is 0 Å². The molecule has 0 aromatic heterocycles. The highest BCUT2D eigenvalue weighted by atomic mass is 127. The van der Waals surface area contributed by atoms with Crippen molar-refractivity contribution in [3.05, 3.63) is 0 Å². The molecule has 2 N–H and O–H groups in total. The van der Waals surface area contributed by atoms with Crippen molar-refractivity contribution in [3.8, 4) is 0 Å². The first kappa shape index (κ1) is 24.6. The van der Waals surface area contributed by atoms with Gasteiger partial charge < -0.3 is 20.3 Å². The van der Waals surface area contributed by atoms with Crippen LogP contribution in [0.3, 0.4) is 0 Å². The largest absolute Gasteiger partial charge is 0.444 e. The summed E-state index contributed by atoms with van der Waals surface area (Å²) < 4.78 is 5.47. The Kier molecular flexibility index (Phi) is 12.7. The maximum absolute atomic E-state index is 12.2. The monoisotopic (exact) mass is 486 g/mol. The van der Waals surface area contributed by atoms with Gasteiger partial charge in [-0.05, 0) is 58.5 Å². The van der Waals surface area contributed by atoms with E-state index in [0.717, 1.165) is 38.3 Å². The second kappa shape index (κ2) is 12.9.